The number of nitrogens with zero attached hydrogens (tertiary/aromatic N) is 2. The second-order valence-electron chi connectivity index (χ2n) is 4.77. The van der Waals surface area contributed by atoms with Crippen molar-refractivity contribution in [3.05, 3.63) is 53.7 Å². The van der Waals surface area contributed by atoms with Crippen molar-refractivity contribution in [2.24, 2.45) is 0 Å². The standard InChI is InChI=1S/C16H20N4O/c1-2-10-20(16(21)14-12-15(17)19-18-14)11-6-9-13-7-4-3-5-8-13/h3-9,12H,2,10-11H2,1H3,(H3,17,18,19). The Morgan fingerprint density at radius 1 is 1.38 bits per heavy atom. The van der Waals surface area contributed by atoms with Crippen molar-refractivity contribution in [2.75, 3.05) is 18.8 Å². The van der Waals surface area contributed by atoms with E-state index in [0.717, 1.165) is 12.0 Å². The Kier molecular flexibility index (Phi) is 5.15. The van der Waals surface area contributed by atoms with E-state index >= 15 is 0 Å². The maximum Gasteiger partial charge on any atom is 0.272 e. The normalized spacial score (nSPS) is 10.9. The van der Waals surface area contributed by atoms with E-state index in [1.54, 1.807) is 11.0 Å². The maximum atomic E-state index is 12.4. The number of benzene rings is 1. The molecule has 0 bridgehead atoms. The number of nitrogens with one attached hydrogen (secondary N) is 1. The molecule has 0 aliphatic rings. The molecule has 0 aliphatic heterocycles. The van der Waals surface area contributed by atoms with Crippen molar-refractivity contribution < 1.29 is 4.79 Å². The lowest BCUT2D eigenvalue weighted by Crippen LogP contribution is -2.32. The summed E-state index contributed by atoms with van der Waals surface area (Å²) in [6.45, 7) is 3.29. The highest BCUT2D eigenvalue weighted by Crippen LogP contribution is 2.07. The first-order valence-electron chi connectivity index (χ1n) is 7.02. The summed E-state index contributed by atoms with van der Waals surface area (Å²) in [5.74, 6) is 0.244. The Hall–Kier alpha value is -2.56. The van der Waals surface area contributed by atoms with Crippen LogP contribution in [0.3, 0.4) is 0 Å². The van der Waals surface area contributed by atoms with Crippen molar-refractivity contribution in [1.29, 1.82) is 0 Å². The highest BCUT2D eigenvalue weighted by molar-refractivity contribution is 5.93. The molecule has 2 aromatic rings. The summed E-state index contributed by atoms with van der Waals surface area (Å²) in [6.07, 6.45) is 4.90. The molecule has 3 N–H and O–H groups in total. The van der Waals surface area contributed by atoms with Gasteiger partial charge >= 0.3 is 0 Å². The lowest BCUT2D eigenvalue weighted by atomic mass is 10.2. The Labute approximate surface area is 124 Å². The zero-order chi connectivity index (χ0) is 15.1. The van der Waals surface area contributed by atoms with Crippen LogP contribution in [0.2, 0.25) is 0 Å². The molecule has 1 heterocycles. The number of carbonyl (C=O) groups is 1. The van der Waals surface area contributed by atoms with E-state index in [-0.39, 0.29) is 5.91 Å². The number of aromatic nitrogens is 2. The van der Waals surface area contributed by atoms with Crippen molar-refractivity contribution in [2.45, 2.75) is 13.3 Å². The van der Waals surface area contributed by atoms with Gasteiger partial charge in [0.2, 0.25) is 0 Å². The minimum absolute atomic E-state index is 0.0845. The number of aromatic amines is 1. The molecule has 5 heteroatoms. The Morgan fingerprint density at radius 3 is 2.76 bits per heavy atom. The van der Waals surface area contributed by atoms with Gasteiger partial charge in [-0.1, -0.05) is 49.4 Å². The highest BCUT2D eigenvalue weighted by Gasteiger charge is 2.15. The fourth-order valence-corrected chi connectivity index (χ4v) is 2.04. The highest BCUT2D eigenvalue weighted by atomic mass is 16.2. The molecule has 0 radical (unpaired) electrons. The van der Waals surface area contributed by atoms with Gasteiger partial charge < -0.3 is 10.6 Å². The minimum Gasteiger partial charge on any atom is -0.382 e. The number of hydrogen-bond acceptors (Lipinski definition) is 3. The van der Waals surface area contributed by atoms with Gasteiger partial charge in [0, 0.05) is 19.2 Å². The lowest BCUT2D eigenvalue weighted by Gasteiger charge is -2.19. The van der Waals surface area contributed by atoms with Crippen LogP contribution in [-0.4, -0.2) is 34.1 Å². The molecular weight excluding hydrogens is 264 g/mol. The van der Waals surface area contributed by atoms with E-state index < -0.39 is 0 Å². The molecule has 0 fully saturated rings. The van der Waals surface area contributed by atoms with Crippen molar-refractivity contribution in [3.63, 3.8) is 0 Å². The van der Waals surface area contributed by atoms with Gasteiger partial charge in [-0.25, -0.2) is 0 Å². The SMILES string of the molecule is CCCN(CC=Cc1ccccc1)C(=O)c1cc(N)n[nH]1. The van der Waals surface area contributed by atoms with Crippen molar-refractivity contribution >= 4 is 17.8 Å². The van der Waals surface area contributed by atoms with E-state index in [9.17, 15) is 4.79 Å². The van der Waals surface area contributed by atoms with Crippen molar-refractivity contribution in [1.82, 2.24) is 15.1 Å². The second kappa shape index (κ2) is 7.28. The third kappa shape index (κ3) is 4.21. The average Bonchev–Trinajstić information content (AvgIpc) is 2.93. The van der Waals surface area contributed by atoms with Crippen LogP contribution in [0.25, 0.3) is 6.08 Å². The van der Waals surface area contributed by atoms with Gasteiger partial charge in [0.25, 0.3) is 5.91 Å². The number of nitrogens with two attached hydrogens (primary N) is 1. The summed E-state index contributed by atoms with van der Waals surface area (Å²) < 4.78 is 0. The molecule has 0 saturated heterocycles. The number of rotatable bonds is 6. The van der Waals surface area contributed by atoms with Crippen LogP contribution >= 0.6 is 0 Å². The molecule has 0 saturated carbocycles. The predicted molar refractivity (Wildman–Crippen MR) is 84.7 cm³/mol. The first kappa shape index (κ1) is 14.8. The Balaban J connectivity index is 2.02. The van der Waals surface area contributed by atoms with Gasteiger partial charge in [-0.15, -0.1) is 0 Å². The van der Waals surface area contributed by atoms with E-state index in [4.69, 9.17) is 5.73 Å². The number of nitrogen functional groups attached to an aromatic ring is 1. The summed E-state index contributed by atoms with van der Waals surface area (Å²) in [6, 6.07) is 11.6. The molecule has 5 nitrogen and oxygen atoms in total. The summed E-state index contributed by atoms with van der Waals surface area (Å²) >= 11 is 0. The summed E-state index contributed by atoms with van der Waals surface area (Å²) in [4.78, 5) is 14.1. The molecular formula is C16H20N4O. The zero-order valence-electron chi connectivity index (χ0n) is 12.1. The fraction of sp³-hybridized carbons (Fsp3) is 0.250. The van der Waals surface area contributed by atoms with E-state index in [1.807, 2.05) is 49.4 Å². The molecule has 0 unspecified atom stereocenters. The largest absolute Gasteiger partial charge is 0.382 e. The maximum absolute atomic E-state index is 12.4. The van der Waals surface area contributed by atoms with Crippen LogP contribution in [0.5, 0.6) is 0 Å². The molecule has 0 aliphatic carbocycles. The quantitative estimate of drug-likeness (QED) is 0.856. The van der Waals surface area contributed by atoms with Crippen LogP contribution < -0.4 is 5.73 Å². The van der Waals surface area contributed by atoms with E-state index in [2.05, 4.69) is 10.2 Å². The third-order valence-corrected chi connectivity index (χ3v) is 3.04. The Bertz CT molecular complexity index is 604. The first-order valence-corrected chi connectivity index (χ1v) is 7.02. The average molecular weight is 284 g/mol. The van der Waals surface area contributed by atoms with Crippen molar-refractivity contribution in [3.8, 4) is 0 Å². The summed E-state index contributed by atoms with van der Waals surface area (Å²) in [5, 5.41) is 6.46. The molecule has 21 heavy (non-hydrogen) atoms. The summed E-state index contributed by atoms with van der Waals surface area (Å²) in [7, 11) is 0. The van der Waals surface area contributed by atoms with Crippen LogP contribution in [-0.2, 0) is 0 Å². The summed E-state index contributed by atoms with van der Waals surface area (Å²) in [5.41, 5.74) is 7.08. The molecule has 1 amide bonds. The lowest BCUT2D eigenvalue weighted by molar-refractivity contribution is 0.0768. The van der Waals surface area contributed by atoms with Gasteiger partial charge in [-0.3, -0.25) is 9.89 Å². The number of amides is 1. The molecule has 110 valence electrons. The second-order valence-corrected chi connectivity index (χ2v) is 4.77. The minimum atomic E-state index is -0.0845. The molecule has 1 aromatic carbocycles. The third-order valence-electron chi connectivity index (χ3n) is 3.04. The molecule has 2 rings (SSSR count). The van der Waals surface area contributed by atoms with Gasteiger partial charge in [0.1, 0.15) is 11.5 Å². The van der Waals surface area contributed by atoms with Gasteiger partial charge in [0.05, 0.1) is 0 Å². The predicted octanol–water partition coefficient (Wildman–Crippen LogP) is 2.56. The Morgan fingerprint density at radius 2 is 2.14 bits per heavy atom. The van der Waals surface area contributed by atoms with E-state index in [1.165, 1.54) is 0 Å². The number of H-pyrrole nitrogens is 1. The number of carbonyl (C=O) groups excluding carboxylic acids is 1. The van der Waals surface area contributed by atoms with Gasteiger partial charge in [0.15, 0.2) is 0 Å². The first-order chi connectivity index (χ1) is 10.2. The molecule has 1 aromatic heterocycles. The zero-order valence-corrected chi connectivity index (χ0v) is 12.1. The molecule has 0 atom stereocenters. The topological polar surface area (TPSA) is 75.0 Å². The number of anilines is 1. The van der Waals surface area contributed by atoms with Gasteiger partial charge in [-0.05, 0) is 12.0 Å². The fourth-order valence-electron chi connectivity index (χ4n) is 2.04. The van der Waals surface area contributed by atoms with Gasteiger partial charge in [-0.2, -0.15) is 5.10 Å². The van der Waals surface area contributed by atoms with Crippen LogP contribution in [0, 0.1) is 0 Å². The smallest absolute Gasteiger partial charge is 0.272 e. The van der Waals surface area contributed by atoms with Crippen LogP contribution in [0.15, 0.2) is 42.5 Å². The monoisotopic (exact) mass is 284 g/mol. The number of hydrogen-bond donors (Lipinski definition) is 2. The van der Waals surface area contributed by atoms with Crippen LogP contribution in [0.4, 0.5) is 5.82 Å². The van der Waals surface area contributed by atoms with Crippen LogP contribution in [0.1, 0.15) is 29.4 Å². The van der Waals surface area contributed by atoms with E-state index in [0.29, 0.717) is 24.6 Å². The molecule has 0 spiro atoms.